The number of hydrogen-bond donors (Lipinski definition) is 2. The van der Waals surface area contributed by atoms with Crippen LogP contribution in [-0.2, 0) is 0 Å². The van der Waals surface area contributed by atoms with Gasteiger partial charge in [0.15, 0.2) is 0 Å². The molecule has 1 aromatic carbocycles. The Bertz CT molecular complexity index is 650. The molecule has 0 aliphatic carbocycles. The van der Waals surface area contributed by atoms with E-state index in [0.717, 1.165) is 70.4 Å². The zero-order valence-corrected chi connectivity index (χ0v) is 16.4. The number of rotatable bonds is 6. The minimum atomic E-state index is -0.214. The summed E-state index contributed by atoms with van der Waals surface area (Å²) in [6.07, 6.45) is 7.72. The van der Waals surface area contributed by atoms with E-state index in [1.165, 1.54) is 6.42 Å². The molecule has 6 heteroatoms. The van der Waals surface area contributed by atoms with Crippen molar-refractivity contribution in [2.45, 2.75) is 51.9 Å². The first kappa shape index (κ1) is 19.5. The summed E-state index contributed by atoms with van der Waals surface area (Å²) in [6.45, 7) is 6.39. The molecule has 2 aliphatic heterocycles. The fourth-order valence-electron chi connectivity index (χ4n) is 3.84. The van der Waals surface area contributed by atoms with Gasteiger partial charge in [-0.25, -0.2) is 4.79 Å². The first-order chi connectivity index (χ1) is 13.2. The third-order valence-corrected chi connectivity index (χ3v) is 5.39. The maximum absolute atomic E-state index is 13.1. The van der Waals surface area contributed by atoms with Crippen molar-refractivity contribution < 1.29 is 9.59 Å². The molecule has 0 radical (unpaired) electrons. The van der Waals surface area contributed by atoms with Gasteiger partial charge in [-0.05, 0) is 56.7 Å². The van der Waals surface area contributed by atoms with E-state index in [0.29, 0.717) is 17.8 Å². The molecule has 6 nitrogen and oxygen atoms in total. The molecular weight excluding hydrogens is 340 g/mol. The van der Waals surface area contributed by atoms with E-state index in [1.807, 2.05) is 23.1 Å². The van der Waals surface area contributed by atoms with Gasteiger partial charge >= 0.3 is 6.03 Å². The Morgan fingerprint density at radius 3 is 2.41 bits per heavy atom. The van der Waals surface area contributed by atoms with Gasteiger partial charge in [0.05, 0.1) is 5.56 Å². The number of carbonyl (C=O) groups excluding carboxylic acids is 2. The lowest BCUT2D eigenvalue weighted by molar-refractivity contribution is 0.0793. The van der Waals surface area contributed by atoms with Crippen LogP contribution in [0.1, 0.15) is 62.2 Å². The molecule has 2 aliphatic rings. The topological polar surface area (TPSA) is 64.7 Å². The van der Waals surface area contributed by atoms with Crippen LogP contribution in [0.25, 0.3) is 0 Å². The summed E-state index contributed by atoms with van der Waals surface area (Å²) >= 11 is 0. The quantitative estimate of drug-likeness (QED) is 0.746. The molecule has 2 N–H and O–H groups in total. The molecule has 3 rings (SSSR count). The van der Waals surface area contributed by atoms with Crippen LogP contribution in [0.2, 0.25) is 0 Å². The van der Waals surface area contributed by atoms with E-state index >= 15 is 0 Å². The Kier molecular flexibility index (Phi) is 6.96. The second-order valence-electron chi connectivity index (χ2n) is 7.51. The van der Waals surface area contributed by atoms with Crippen molar-refractivity contribution in [3.8, 4) is 0 Å². The zero-order valence-electron chi connectivity index (χ0n) is 16.4. The predicted octanol–water partition coefficient (Wildman–Crippen LogP) is 3.83. The predicted molar refractivity (Wildman–Crippen MR) is 110 cm³/mol. The molecule has 3 amide bonds. The van der Waals surface area contributed by atoms with Crippen molar-refractivity contribution in [2.24, 2.45) is 0 Å². The maximum atomic E-state index is 13.1. The molecule has 0 bridgehead atoms. The molecule has 2 saturated heterocycles. The van der Waals surface area contributed by atoms with E-state index in [9.17, 15) is 9.59 Å². The van der Waals surface area contributed by atoms with Gasteiger partial charge in [0.1, 0.15) is 0 Å². The number of carbonyl (C=O) groups is 2. The normalized spacial score (nSPS) is 17.1. The van der Waals surface area contributed by atoms with Crippen molar-refractivity contribution in [3.05, 3.63) is 23.8 Å². The van der Waals surface area contributed by atoms with E-state index in [1.54, 1.807) is 0 Å². The van der Waals surface area contributed by atoms with Gasteiger partial charge in [-0.1, -0.05) is 13.3 Å². The van der Waals surface area contributed by atoms with Crippen LogP contribution >= 0.6 is 0 Å². The van der Waals surface area contributed by atoms with Gasteiger partial charge < -0.3 is 20.4 Å². The van der Waals surface area contributed by atoms with Gasteiger partial charge in [0.25, 0.3) is 5.91 Å². The van der Waals surface area contributed by atoms with E-state index in [4.69, 9.17) is 0 Å². The molecule has 0 saturated carbocycles. The summed E-state index contributed by atoms with van der Waals surface area (Å²) in [6, 6.07) is 5.54. The van der Waals surface area contributed by atoms with E-state index < -0.39 is 0 Å². The number of benzene rings is 1. The number of urea groups is 1. The lowest BCUT2D eigenvalue weighted by atomic mass is 10.1. The highest BCUT2D eigenvalue weighted by Gasteiger charge is 2.25. The van der Waals surface area contributed by atoms with Crippen LogP contribution in [-0.4, -0.2) is 49.6 Å². The van der Waals surface area contributed by atoms with Crippen LogP contribution in [0, 0.1) is 0 Å². The molecule has 2 heterocycles. The van der Waals surface area contributed by atoms with Crippen molar-refractivity contribution in [3.63, 3.8) is 0 Å². The minimum Gasteiger partial charge on any atom is -0.371 e. The molecular formula is C21H32N4O2. The largest absolute Gasteiger partial charge is 0.371 e. The number of piperidine rings is 1. The summed E-state index contributed by atoms with van der Waals surface area (Å²) in [5.74, 6) is 0.0862. The summed E-state index contributed by atoms with van der Waals surface area (Å²) in [5.41, 5.74) is 2.39. The SMILES string of the molecule is CCCCNC(=O)Nc1ccc(N2CCCCC2)c(C(=O)N2CCCC2)c1. The lowest BCUT2D eigenvalue weighted by Crippen LogP contribution is -2.34. The maximum Gasteiger partial charge on any atom is 0.319 e. The molecule has 148 valence electrons. The standard InChI is InChI=1S/C21H32N4O2/c1-2-3-11-22-21(27)23-17-9-10-19(24-12-5-4-6-13-24)18(16-17)20(26)25-14-7-8-15-25/h9-10,16H,2-8,11-15H2,1H3,(H2,22,23,27). The van der Waals surface area contributed by atoms with Crippen molar-refractivity contribution >= 4 is 23.3 Å². The van der Waals surface area contributed by atoms with Crippen molar-refractivity contribution in [1.29, 1.82) is 0 Å². The molecule has 0 atom stereocenters. The number of nitrogens with zero attached hydrogens (tertiary/aromatic N) is 2. The number of nitrogens with one attached hydrogen (secondary N) is 2. The average Bonchev–Trinajstić information content (AvgIpc) is 3.23. The lowest BCUT2D eigenvalue weighted by Gasteiger charge is -2.31. The third-order valence-electron chi connectivity index (χ3n) is 5.39. The Hall–Kier alpha value is -2.24. The van der Waals surface area contributed by atoms with Gasteiger partial charge in [0.2, 0.25) is 0 Å². The molecule has 2 fully saturated rings. The molecule has 1 aromatic rings. The van der Waals surface area contributed by atoms with Gasteiger partial charge in [-0.15, -0.1) is 0 Å². The van der Waals surface area contributed by atoms with E-state index in [-0.39, 0.29) is 11.9 Å². The highest BCUT2D eigenvalue weighted by molar-refractivity contribution is 6.02. The summed E-state index contributed by atoms with van der Waals surface area (Å²) in [7, 11) is 0. The number of unbranched alkanes of at least 4 members (excludes halogenated alkanes) is 1. The second kappa shape index (κ2) is 9.62. The molecule has 0 spiro atoms. The highest BCUT2D eigenvalue weighted by Crippen LogP contribution is 2.29. The third kappa shape index (κ3) is 5.15. The van der Waals surface area contributed by atoms with Crippen LogP contribution in [0.3, 0.4) is 0 Å². The zero-order chi connectivity index (χ0) is 19.1. The highest BCUT2D eigenvalue weighted by atomic mass is 16.2. The first-order valence-corrected chi connectivity index (χ1v) is 10.4. The Balaban J connectivity index is 1.78. The summed E-state index contributed by atoms with van der Waals surface area (Å²) < 4.78 is 0. The van der Waals surface area contributed by atoms with Gasteiger partial charge in [0, 0.05) is 44.1 Å². The van der Waals surface area contributed by atoms with Crippen molar-refractivity contribution in [1.82, 2.24) is 10.2 Å². The second-order valence-corrected chi connectivity index (χ2v) is 7.51. The number of amides is 3. The molecule has 0 unspecified atom stereocenters. The van der Waals surface area contributed by atoms with Gasteiger partial charge in [-0.3, -0.25) is 4.79 Å². The van der Waals surface area contributed by atoms with Crippen LogP contribution in [0.4, 0.5) is 16.2 Å². The fraction of sp³-hybridized carbons (Fsp3) is 0.619. The van der Waals surface area contributed by atoms with E-state index in [2.05, 4.69) is 22.5 Å². The van der Waals surface area contributed by atoms with Crippen LogP contribution in [0.5, 0.6) is 0 Å². The Morgan fingerprint density at radius 1 is 1.00 bits per heavy atom. The number of likely N-dealkylation sites (tertiary alicyclic amines) is 1. The molecule has 0 aromatic heterocycles. The van der Waals surface area contributed by atoms with Crippen molar-refractivity contribution in [2.75, 3.05) is 42.9 Å². The van der Waals surface area contributed by atoms with Crippen LogP contribution in [0.15, 0.2) is 18.2 Å². The first-order valence-electron chi connectivity index (χ1n) is 10.4. The average molecular weight is 373 g/mol. The summed E-state index contributed by atoms with van der Waals surface area (Å²) in [5, 5.41) is 5.74. The van der Waals surface area contributed by atoms with Crippen LogP contribution < -0.4 is 15.5 Å². The summed E-state index contributed by atoms with van der Waals surface area (Å²) in [4.78, 5) is 29.5. The van der Waals surface area contributed by atoms with Gasteiger partial charge in [-0.2, -0.15) is 0 Å². The number of anilines is 2. The Morgan fingerprint density at radius 2 is 1.70 bits per heavy atom. The number of hydrogen-bond acceptors (Lipinski definition) is 3. The Labute approximate surface area is 162 Å². The fourth-order valence-corrected chi connectivity index (χ4v) is 3.84. The smallest absolute Gasteiger partial charge is 0.319 e. The molecule has 27 heavy (non-hydrogen) atoms. The minimum absolute atomic E-state index is 0.0862. The monoisotopic (exact) mass is 372 g/mol.